The van der Waals surface area contributed by atoms with E-state index in [0.29, 0.717) is 5.56 Å². The molecule has 1 fully saturated rings. The van der Waals surface area contributed by atoms with Gasteiger partial charge in [-0.25, -0.2) is 13.1 Å². The van der Waals surface area contributed by atoms with E-state index in [1.54, 1.807) is 18.2 Å². The Kier molecular flexibility index (Phi) is 6.01. The van der Waals surface area contributed by atoms with Gasteiger partial charge in [-0.15, -0.1) is 0 Å². The Hall–Kier alpha value is -1.86. The molecular formula is C17H24N2O4S. The van der Waals surface area contributed by atoms with Crippen LogP contribution in [0.25, 0.3) is 6.08 Å². The van der Waals surface area contributed by atoms with Crippen LogP contribution < -0.4 is 9.46 Å². The van der Waals surface area contributed by atoms with Crippen LogP contribution in [0.5, 0.6) is 5.75 Å². The minimum atomic E-state index is -3.64. The number of nitrogens with zero attached hydrogens (tertiary/aromatic N) is 1. The van der Waals surface area contributed by atoms with Crippen molar-refractivity contribution in [3.63, 3.8) is 0 Å². The fourth-order valence-electron chi connectivity index (χ4n) is 2.81. The predicted molar refractivity (Wildman–Crippen MR) is 93.3 cm³/mol. The monoisotopic (exact) mass is 352 g/mol. The van der Waals surface area contributed by atoms with Gasteiger partial charge in [-0.05, 0) is 57.0 Å². The third-order valence-corrected chi connectivity index (χ3v) is 5.69. The molecule has 0 spiro atoms. The number of piperidine rings is 1. The lowest BCUT2D eigenvalue weighted by Crippen LogP contribution is -2.41. The van der Waals surface area contributed by atoms with Crippen molar-refractivity contribution >= 4 is 22.0 Å². The zero-order valence-corrected chi connectivity index (χ0v) is 15.1. The van der Waals surface area contributed by atoms with E-state index in [9.17, 15) is 13.2 Å². The molecule has 6 nitrogen and oxygen atoms in total. The van der Waals surface area contributed by atoms with Crippen LogP contribution in [0.15, 0.2) is 29.2 Å². The van der Waals surface area contributed by atoms with E-state index in [2.05, 4.69) is 11.6 Å². The van der Waals surface area contributed by atoms with Gasteiger partial charge in [-0.3, -0.25) is 4.79 Å². The molecule has 1 atom stereocenters. The number of rotatable bonds is 5. The van der Waals surface area contributed by atoms with Crippen molar-refractivity contribution in [2.75, 3.05) is 20.7 Å². The standard InChI is InChI=1S/C17H24N2O4S/c1-13-6-4-5-11-19(13)17(20)10-8-14-7-9-15(23-3)16(12-14)24(21,22)18-2/h7-10,12-13,18H,4-6,11H2,1-3H3/b10-8+/t13-/m1/s1. The lowest BCUT2D eigenvalue weighted by molar-refractivity contribution is -0.129. The van der Waals surface area contributed by atoms with Crippen molar-refractivity contribution in [3.8, 4) is 5.75 Å². The van der Waals surface area contributed by atoms with Crippen LogP contribution in [0.4, 0.5) is 0 Å². The number of carbonyl (C=O) groups excluding carboxylic acids is 1. The molecule has 7 heteroatoms. The summed E-state index contributed by atoms with van der Waals surface area (Å²) < 4.78 is 31.5. The van der Waals surface area contributed by atoms with E-state index in [0.717, 1.165) is 25.8 Å². The van der Waals surface area contributed by atoms with Crippen molar-refractivity contribution in [1.29, 1.82) is 0 Å². The summed E-state index contributed by atoms with van der Waals surface area (Å²) in [6.07, 6.45) is 6.33. The highest BCUT2D eigenvalue weighted by Gasteiger charge is 2.21. The first kappa shape index (κ1) is 18.5. The normalized spacial score (nSPS) is 18.8. The van der Waals surface area contributed by atoms with Crippen LogP contribution in [0, 0.1) is 0 Å². The largest absolute Gasteiger partial charge is 0.495 e. The van der Waals surface area contributed by atoms with E-state index in [-0.39, 0.29) is 22.6 Å². The molecule has 1 aromatic rings. The number of hydrogen-bond acceptors (Lipinski definition) is 4. The number of benzene rings is 1. The summed E-state index contributed by atoms with van der Waals surface area (Å²) in [5, 5.41) is 0. The quantitative estimate of drug-likeness (QED) is 0.823. The summed E-state index contributed by atoms with van der Waals surface area (Å²) in [5.74, 6) is 0.216. The van der Waals surface area contributed by atoms with Gasteiger partial charge in [0.1, 0.15) is 10.6 Å². The Morgan fingerprint density at radius 2 is 2.12 bits per heavy atom. The molecule has 1 aliphatic rings. The van der Waals surface area contributed by atoms with E-state index in [1.165, 1.54) is 26.3 Å². The number of hydrogen-bond donors (Lipinski definition) is 1. The van der Waals surface area contributed by atoms with Gasteiger partial charge in [0.25, 0.3) is 0 Å². The third kappa shape index (κ3) is 4.15. The molecule has 1 saturated heterocycles. The molecule has 24 heavy (non-hydrogen) atoms. The van der Waals surface area contributed by atoms with E-state index < -0.39 is 10.0 Å². The van der Waals surface area contributed by atoms with Crippen molar-refractivity contribution in [2.45, 2.75) is 37.1 Å². The maximum absolute atomic E-state index is 12.3. The first-order valence-corrected chi connectivity index (χ1v) is 9.47. The summed E-state index contributed by atoms with van der Waals surface area (Å²) in [4.78, 5) is 14.2. The lowest BCUT2D eigenvalue weighted by Gasteiger charge is -2.32. The van der Waals surface area contributed by atoms with Crippen molar-refractivity contribution in [3.05, 3.63) is 29.8 Å². The molecule has 2 rings (SSSR count). The minimum Gasteiger partial charge on any atom is -0.495 e. The van der Waals surface area contributed by atoms with Crippen LogP contribution >= 0.6 is 0 Å². The molecule has 1 aliphatic heterocycles. The number of ether oxygens (including phenoxy) is 1. The second-order valence-electron chi connectivity index (χ2n) is 5.83. The molecule has 0 aromatic heterocycles. The summed E-state index contributed by atoms with van der Waals surface area (Å²) in [7, 11) is -0.872. The van der Waals surface area contributed by atoms with Crippen molar-refractivity contribution < 1.29 is 17.9 Å². The highest BCUT2D eigenvalue weighted by Crippen LogP contribution is 2.25. The Morgan fingerprint density at radius 3 is 2.75 bits per heavy atom. The molecule has 0 saturated carbocycles. The summed E-state index contributed by atoms with van der Waals surface area (Å²) in [6.45, 7) is 2.82. The predicted octanol–water partition coefficient (Wildman–Crippen LogP) is 2.02. The fraction of sp³-hybridized carbons (Fsp3) is 0.471. The topological polar surface area (TPSA) is 75.7 Å². The molecular weight excluding hydrogens is 328 g/mol. The van der Waals surface area contributed by atoms with Crippen LogP contribution in [0.1, 0.15) is 31.7 Å². The van der Waals surface area contributed by atoms with Crippen LogP contribution in [-0.4, -0.2) is 46.0 Å². The number of carbonyl (C=O) groups is 1. The number of likely N-dealkylation sites (tertiary alicyclic amines) is 1. The average molecular weight is 352 g/mol. The lowest BCUT2D eigenvalue weighted by atomic mass is 10.0. The minimum absolute atomic E-state index is 0.0453. The molecule has 1 heterocycles. The van der Waals surface area contributed by atoms with Gasteiger partial charge in [-0.1, -0.05) is 6.07 Å². The van der Waals surface area contributed by atoms with E-state index in [1.807, 2.05) is 4.90 Å². The van der Waals surface area contributed by atoms with Crippen LogP contribution in [-0.2, 0) is 14.8 Å². The molecule has 0 unspecified atom stereocenters. The average Bonchev–Trinajstić information content (AvgIpc) is 2.59. The Balaban J connectivity index is 2.23. The van der Waals surface area contributed by atoms with Gasteiger partial charge >= 0.3 is 0 Å². The zero-order valence-electron chi connectivity index (χ0n) is 14.3. The number of amides is 1. The van der Waals surface area contributed by atoms with E-state index >= 15 is 0 Å². The van der Waals surface area contributed by atoms with Gasteiger partial charge < -0.3 is 9.64 Å². The second-order valence-corrected chi connectivity index (χ2v) is 7.68. The van der Waals surface area contributed by atoms with Gasteiger partial charge in [0.2, 0.25) is 15.9 Å². The van der Waals surface area contributed by atoms with E-state index in [4.69, 9.17) is 4.74 Å². The van der Waals surface area contributed by atoms with Gasteiger partial charge in [0.05, 0.1) is 7.11 Å². The summed E-state index contributed by atoms with van der Waals surface area (Å²) >= 11 is 0. The summed E-state index contributed by atoms with van der Waals surface area (Å²) in [6, 6.07) is 5.04. The van der Waals surface area contributed by atoms with Crippen LogP contribution in [0.3, 0.4) is 0 Å². The smallest absolute Gasteiger partial charge is 0.246 e. The molecule has 1 aromatic carbocycles. The summed E-state index contributed by atoms with van der Waals surface area (Å²) in [5.41, 5.74) is 0.627. The highest BCUT2D eigenvalue weighted by atomic mass is 32.2. The van der Waals surface area contributed by atoms with Gasteiger partial charge in [0.15, 0.2) is 0 Å². The third-order valence-electron chi connectivity index (χ3n) is 4.25. The maximum Gasteiger partial charge on any atom is 0.246 e. The molecule has 1 amide bonds. The first-order valence-electron chi connectivity index (χ1n) is 7.99. The second kappa shape index (κ2) is 7.81. The zero-order chi connectivity index (χ0) is 17.7. The Bertz CT molecular complexity index is 728. The van der Waals surface area contributed by atoms with Crippen molar-refractivity contribution in [1.82, 2.24) is 9.62 Å². The highest BCUT2D eigenvalue weighted by molar-refractivity contribution is 7.89. The Labute approximate surface area is 143 Å². The number of sulfonamides is 1. The van der Waals surface area contributed by atoms with Gasteiger partial charge in [-0.2, -0.15) is 0 Å². The first-order chi connectivity index (χ1) is 11.4. The molecule has 132 valence electrons. The molecule has 0 aliphatic carbocycles. The molecule has 0 bridgehead atoms. The maximum atomic E-state index is 12.3. The number of methoxy groups -OCH3 is 1. The molecule has 0 radical (unpaired) electrons. The van der Waals surface area contributed by atoms with Gasteiger partial charge in [0, 0.05) is 18.7 Å². The molecule has 1 N–H and O–H groups in total. The van der Waals surface area contributed by atoms with Crippen LogP contribution in [0.2, 0.25) is 0 Å². The fourth-order valence-corrected chi connectivity index (χ4v) is 3.73. The SMILES string of the molecule is CNS(=O)(=O)c1cc(/C=C/C(=O)N2CCCC[C@H]2C)ccc1OC. The van der Waals surface area contributed by atoms with Crippen molar-refractivity contribution in [2.24, 2.45) is 0 Å². The Morgan fingerprint density at radius 1 is 1.38 bits per heavy atom. The number of nitrogens with one attached hydrogen (secondary N) is 1.